The Morgan fingerprint density at radius 3 is 2.36 bits per heavy atom. The number of rotatable bonds is 4. The monoisotopic (exact) mass is 385 g/mol. The fraction of sp³-hybridized carbons (Fsp3) is 0.308. The number of benzene rings is 1. The lowest BCUT2D eigenvalue weighted by atomic mass is 10.1. The van der Waals surface area contributed by atoms with Crippen LogP contribution in [0, 0.1) is 0 Å². The summed E-state index contributed by atoms with van der Waals surface area (Å²) >= 11 is 18.9. The van der Waals surface area contributed by atoms with Crippen LogP contribution in [0.25, 0.3) is 11.3 Å². The van der Waals surface area contributed by atoms with E-state index in [1.54, 1.807) is 19.2 Å². The second-order valence-corrected chi connectivity index (χ2v) is 6.82. The van der Waals surface area contributed by atoms with Gasteiger partial charge in [0.25, 0.3) is 5.76 Å². The zero-order valence-corrected chi connectivity index (χ0v) is 15.0. The molecule has 1 heterocycles. The topological polar surface area (TPSA) is 21.1 Å². The summed E-state index contributed by atoms with van der Waals surface area (Å²) in [7, 11) is 5.21. The van der Waals surface area contributed by atoms with Crippen LogP contribution in [-0.4, -0.2) is 29.6 Å². The van der Waals surface area contributed by atoms with E-state index in [0.29, 0.717) is 33.1 Å². The van der Waals surface area contributed by atoms with Crippen LogP contribution in [0.2, 0.25) is 15.1 Å². The average molecular weight is 387 g/mol. The van der Waals surface area contributed by atoms with E-state index in [4.69, 9.17) is 34.8 Å². The van der Waals surface area contributed by atoms with Gasteiger partial charge in [-0.2, -0.15) is 13.9 Å². The van der Waals surface area contributed by atoms with Gasteiger partial charge < -0.3 is 4.90 Å². The van der Waals surface area contributed by atoms with Crippen LogP contribution in [0.1, 0.15) is 0 Å². The van der Waals surface area contributed by atoms with Crippen LogP contribution < -0.4 is 4.90 Å². The van der Waals surface area contributed by atoms with E-state index in [0.717, 1.165) is 5.69 Å². The van der Waals surface area contributed by atoms with Crippen molar-refractivity contribution in [3.05, 3.63) is 27.2 Å². The summed E-state index contributed by atoms with van der Waals surface area (Å²) in [5.41, 5.74) is 1.61. The molecular weight excluding hydrogens is 375 g/mol. The molecule has 0 fully saturated rings. The molecule has 0 N–H and O–H groups in total. The molecule has 0 spiro atoms. The molecule has 9 heteroatoms. The molecule has 0 bridgehead atoms. The zero-order chi connectivity index (χ0) is 16.6. The smallest absolute Gasteiger partial charge is 0.290 e. The fourth-order valence-corrected chi connectivity index (χ4v) is 3.53. The second-order valence-electron chi connectivity index (χ2n) is 4.65. The third kappa shape index (κ3) is 3.45. The van der Waals surface area contributed by atoms with Crippen LogP contribution in [0.5, 0.6) is 0 Å². The number of aromatic nitrogens is 2. The standard InChI is InChI=1S/C13H12Cl3F2N3S/c1-20(2)9-4-6(7(14)5-8(9)15)11-10(16)12(21(3)19-11)22-13(17)18/h4-5,13H,1-3H3. The predicted octanol–water partition coefficient (Wildman–Crippen LogP) is 5.43. The van der Waals surface area contributed by atoms with Crippen LogP contribution in [0.4, 0.5) is 14.5 Å². The molecule has 0 aliphatic carbocycles. The Balaban J connectivity index is 2.60. The third-order valence-corrected chi connectivity index (χ3v) is 4.87. The van der Waals surface area contributed by atoms with Gasteiger partial charge in [-0.25, -0.2) is 0 Å². The Kier molecular flexibility index (Phi) is 5.48. The molecule has 120 valence electrons. The van der Waals surface area contributed by atoms with Gasteiger partial charge in [0.2, 0.25) is 0 Å². The highest BCUT2D eigenvalue weighted by Crippen LogP contribution is 2.42. The van der Waals surface area contributed by atoms with Crippen molar-refractivity contribution >= 4 is 52.3 Å². The van der Waals surface area contributed by atoms with Gasteiger partial charge in [-0.3, -0.25) is 4.68 Å². The van der Waals surface area contributed by atoms with E-state index < -0.39 is 5.76 Å². The average Bonchev–Trinajstić information content (AvgIpc) is 2.66. The highest BCUT2D eigenvalue weighted by Gasteiger charge is 2.22. The fourth-order valence-electron chi connectivity index (χ4n) is 1.93. The van der Waals surface area contributed by atoms with Crippen LogP contribution >= 0.6 is 46.6 Å². The summed E-state index contributed by atoms with van der Waals surface area (Å²) in [6, 6.07) is 3.31. The minimum atomic E-state index is -2.58. The lowest BCUT2D eigenvalue weighted by molar-refractivity contribution is 0.251. The molecule has 3 nitrogen and oxygen atoms in total. The highest BCUT2D eigenvalue weighted by atomic mass is 35.5. The van der Waals surface area contributed by atoms with Crippen LogP contribution in [0.3, 0.4) is 0 Å². The Hall–Kier alpha value is -0.690. The largest absolute Gasteiger partial charge is 0.376 e. The lowest BCUT2D eigenvalue weighted by Crippen LogP contribution is -2.09. The predicted molar refractivity (Wildman–Crippen MR) is 89.9 cm³/mol. The van der Waals surface area contributed by atoms with Crippen molar-refractivity contribution < 1.29 is 8.78 Å². The molecule has 0 saturated heterocycles. The van der Waals surface area contributed by atoms with Gasteiger partial charge >= 0.3 is 0 Å². The van der Waals surface area contributed by atoms with E-state index in [-0.39, 0.29) is 10.0 Å². The first-order valence-electron chi connectivity index (χ1n) is 6.06. The van der Waals surface area contributed by atoms with Gasteiger partial charge in [-0.05, 0) is 23.9 Å². The van der Waals surface area contributed by atoms with E-state index >= 15 is 0 Å². The maximum atomic E-state index is 12.6. The van der Waals surface area contributed by atoms with E-state index in [1.165, 1.54) is 4.68 Å². The molecule has 1 aromatic heterocycles. The van der Waals surface area contributed by atoms with Crippen molar-refractivity contribution in [3.8, 4) is 11.3 Å². The van der Waals surface area contributed by atoms with Crippen molar-refractivity contribution in [1.29, 1.82) is 0 Å². The Morgan fingerprint density at radius 2 is 1.82 bits per heavy atom. The summed E-state index contributed by atoms with van der Waals surface area (Å²) in [4.78, 5) is 1.81. The minimum absolute atomic E-state index is 0.140. The number of alkyl halides is 2. The number of thioether (sulfide) groups is 1. The lowest BCUT2D eigenvalue weighted by Gasteiger charge is -2.16. The molecule has 1 aromatic carbocycles. The van der Waals surface area contributed by atoms with Crippen molar-refractivity contribution in [2.75, 3.05) is 19.0 Å². The van der Waals surface area contributed by atoms with Crippen molar-refractivity contribution in [2.45, 2.75) is 10.8 Å². The number of anilines is 1. The molecule has 0 aliphatic heterocycles. The first-order valence-corrected chi connectivity index (χ1v) is 8.07. The first-order chi connectivity index (χ1) is 10.2. The van der Waals surface area contributed by atoms with E-state index in [9.17, 15) is 8.78 Å². The normalized spacial score (nSPS) is 11.3. The van der Waals surface area contributed by atoms with Gasteiger partial charge in [0, 0.05) is 26.7 Å². The van der Waals surface area contributed by atoms with Crippen LogP contribution in [0.15, 0.2) is 17.2 Å². The maximum Gasteiger partial charge on any atom is 0.290 e. The van der Waals surface area contributed by atoms with Crippen LogP contribution in [-0.2, 0) is 7.05 Å². The molecule has 22 heavy (non-hydrogen) atoms. The number of nitrogens with zero attached hydrogens (tertiary/aromatic N) is 3. The molecule has 2 aromatic rings. The van der Waals surface area contributed by atoms with Gasteiger partial charge in [-0.15, -0.1) is 0 Å². The first kappa shape index (κ1) is 17.7. The SMILES string of the molecule is CN(C)c1cc(-c2nn(C)c(SC(F)F)c2Cl)c(Cl)cc1Cl. The molecule has 0 radical (unpaired) electrons. The molecule has 0 atom stereocenters. The zero-order valence-electron chi connectivity index (χ0n) is 11.9. The van der Waals surface area contributed by atoms with Crippen molar-refractivity contribution in [1.82, 2.24) is 9.78 Å². The minimum Gasteiger partial charge on any atom is -0.376 e. The number of halogens is 5. The molecule has 0 aliphatic rings. The summed E-state index contributed by atoms with van der Waals surface area (Å²) in [5, 5.41) is 5.36. The molecule has 0 unspecified atom stereocenters. The number of hydrogen-bond acceptors (Lipinski definition) is 3. The molecule has 0 amide bonds. The number of hydrogen-bond donors (Lipinski definition) is 0. The molecule has 2 rings (SSSR count). The van der Waals surface area contributed by atoms with Crippen molar-refractivity contribution in [3.63, 3.8) is 0 Å². The summed E-state index contributed by atoms with van der Waals surface area (Å²) in [5.74, 6) is -2.58. The van der Waals surface area contributed by atoms with Gasteiger partial charge in [0.05, 0.1) is 15.7 Å². The maximum absolute atomic E-state index is 12.6. The van der Waals surface area contributed by atoms with E-state index in [1.807, 2.05) is 19.0 Å². The third-order valence-electron chi connectivity index (χ3n) is 2.91. The molecule has 0 saturated carbocycles. The summed E-state index contributed by atoms with van der Waals surface area (Å²) < 4.78 is 26.5. The second kappa shape index (κ2) is 6.83. The Bertz CT molecular complexity index is 704. The Labute approximate surface area is 146 Å². The number of aryl methyl sites for hydroxylation is 1. The Morgan fingerprint density at radius 1 is 1.18 bits per heavy atom. The molecular formula is C13H12Cl3F2N3S. The van der Waals surface area contributed by atoms with E-state index in [2.05, 4.69) is 5.10 Å². The van der Waals surface area contributed by atoms with Gasteiger partial charge in [-0.1, -0.05) is 34.8 Å². The summed E-state index contributed by atoms with van der Waals surface area (Å²) in [6.45, 7) is 0. The quantitative estimate of drug-likeness (QED) is 0.654. The van der Waals surface area contributed by atoms with Crippen molar-refractivity contribution in [2.24, 2.45) is 7.05 Å². The highest BCUT2D eigenvalue weighted by molar-refractivity contribution is 7.99. The van der Waals surface area contributed by atoms with Gasteiger partial charge in [0.15, 0.2) is 0 Å². The summed E-state index contributed by atoms with van der Waals surface area (Å²) in [6.07, 6.45) is 0. The van der Waals surface area contributed by atoms with Gasteiger partial charge in [0.1, 0.15) is 15.7 Å².